The number of fused-ring (bicyclic) bond motifs is 1. The lowest BCUT2D eigenvalue weighted by Gasteiger charge is -2.11. The predicted molar refractivity (Wildman–Crippen MR) is 97.6 cm³/mol. The fourth-order valence-electron chi connectivity index (χ4n) is 3.76. The third kappa shape index (κ3) is 4.03. The highest BCUT2D eigenvalue weighted by Crippen LogP contribution is 2.46. The molecule has 132 valence electrons. The quantitative estimate of drug-likeness (QED) is 0.851. The van der Waals surface area contributed by atoms with Gasteiger partial charge in [-0.15, -0.1) is 0 Å². The normalized spacial score (nSPS) is 21.4. The lowest BCUT2D eigenvalue weighted by Crippen LogP contribution is -2.37. The fourth-order valence-corrected chi connectivity index (χ4v) is 3.76. The number of nitrogens with one attached hydrogen (secondary N) is 2. The van der Waals surface area contributed by atoms with Gasteiger partial charge in [0.2, 0.25) is 0 Å². The highest BCUT2D eigenvalue weighted by molar-refractivity contribution is 5.73. The van der Waals surface area contributed by atoms with Crippen molar-refractivity contribution in [1.82, 2.24) is 20.2 Å². The van der Waals surface area contributed by atoms with E-state index in [0.29, 0.717) is 18.4 Å². The number of carbonyl (C=O) groups excluding carboxylic acids is 1. The van der Waals surface area contributed by atoms with Crippen LogP contribution >= 0.6 is 0 Å². The van der Waals surface area contributed by atoms with Gasteiger partial charge in [-0.2, -0.15) is 0 Å². The molecule has 1 aromatic carbocycles. The topological polar surface area (TPSA) is 59.0 Å². The maximum atomic E-state index is 12.0. The largest absolute Gasteiger partial charge is 0.338 e. The van der Waals surface area contributed by atoms with Crippen molar-refractivity contribution < 1.29 is 4.79 Å². The summed E-state index contributed by atoms with van der Waals surface area (Å²) in [6.07, 6.45) is 7.67. The van der Waals surface area contributed by atoms with Gasteiger partial charge in [0.1, 0.15) is 5.82 Å². The molecule has 1 saturated carbocycles. The molecule has 1 aromatic heterocycles. The van der Waals surface area contributed by atoms with Gasteiger partial charge in [-0.1, -0.05) is 30.3 Å². The molecule has 2 heterocycles. The molecule has 2 aromatic rings. The lowest BCUT2D eigenvalue weighted by molar-refractivity contribution is 0.240. The molecule has 1 fully saturated rings. The molecule has 0 unspecified atom stereocenters. The van der Waals surface area contributed by atoms with Crippen molar-refractivity contribution in [3.05, 3.63) is 53.6 Å². The summed E-state index contributed by atoms with van der Waals surface area (Å²) >= 11 is 0. The maximum absolute atomic E-state index is 12.0. The van der Waals surface area contributed by atoms with E-state index in [0.717, 1.165) is 31.6 Å². The number of aromatic nitrogens is 2. The van der Waals surface area contributed by atoms with Crippen LogP contribution in [0, 0.1) is 5.92 Å². The van der Waals surface area contributed by atoms with E-state index in [4.69, 9.17) is 0 Å². The van der Waals surface area contributed by atoms with E-state index in [-0.39, 0.29) is 6.03 Å². The predicted octanol–water partition coefficient (Wildman–Crippen LogP) is 2.86. The number of carbonyl (C=O) groups is 1. The molecular weight excluding hydrogens is 312 g/mol. The van der Waals surface area contributed by atoms with Gasteiger partial charge in [-0.05, 0) is 36.7 Å². The zero-order valence-corrected chi connectivity index (χ0v) is 14.6. The second-order valence-corrected chi connectivity index (χ2v) is 7.20. The molecule has 2 aliphatic rings. The van der Waals surface area contributed by atoms with Gasteiger partial charge in [0.25, 0.3) is 0 Å². The number of hydrogen-bond acceptors (Lipinski definition) is 2. The van der Waals surface area contributed by atoms with E-state index in [1.165, 1.54) is 30.7 Å². The number of rotatable bonds is 6. The molecule has 2 atom stereocenters. The van der Waals surface area contributed by atoms with Crippen molar-refractivity contribution in [1.29, 1.82) is 0 Å². The number of imidazole rings is 1. The Hall–Kier alpha value is -2.30. The Morgan fingerprint density at radius 3 is 2.92 bits per heavy atom. The van der Waals surface area contributed by atoms with Gasteiger partial charge >= 0.3 is 6.03 Å². The van der Waals surface area contributed by atoms with Gasteiger partial charge < -0.3 is 15.2 Å². The molecule has 5 nitrogen and oxygen atoms in total. The SMILES string of the molecule is O=C(NCCc1cn2c(n1)CCCC2)NC[C@H]1C[C@H]1c1ccccc1. The monoisotopic (exact) mass is 338 g/mol. The second kappa shape index (κ2) is 7.30. The molecule has 25 heavy (non-hydrogen) atoms. The van der Waals surface area contributed by atoms with Crippen LogP contribution in [0.25, 0.3) is 0 Å². The Morgan fingerprint density at radius 1 is 1.20 bits per heavy atom. The first-order valence-corrected chi connectivity index (χ1v) is 9.41. The average Bonchev–Trinajstić information content (AvgIpc) is 3.31. The molecule has 1 aliphatic carbocycles. The first kappa shape index (κ1) is 16.2. The van der Waals surface area contributed by atoms with E-state index in [1.807, 2.05) is 6.07 Å². The van der Waals surface area contributed by atoms with Crippen LogP contribution in [-0.4, -0.2) is 28.7 Å². The third-order valence-corrected chi connectivity index (χ3v) is 5.30. The number of hydrogen-bond donors (Lipinski definition) is 2. The van der Waals surface area contributed by atoms with Crippen molar-refractivity contribution in [2.45, 2.75) is 44.6 Å². The Labute approximate surface area is 148 Å². The van der Waals surface area contributed by atoms with Gasteiger partial charge in [-0.25, -0.2) is 9.78 Å². The Morgan fingerprint density at radius 2 is 2.08 bits per heavy atom. The summed E-state index contributed by atoms with van der Waals surface area (Å²) in [4.78, 5) is 16.6. The van der Waals surface area contributed by atoms with Crippen LogP contribution in [0.3, 0.4) is 0 Å². The smallest absolute Gasteiger partial charge is 0.314 e. The fraction of sp³-hybridized carbons (Fsp3) is 0.500. The molecule has 0 spiro atoms. The number of nitrogens with zero attached hydrogens (tertiary/aromatic N) is 2. The second-order valence-electron chi connectivity index (χ2n) is 7.20. The van der Waals surface area contributed by atoms with Crippen molar-refractivity contribution in [3.63, 3.8) is 0 Å². The Kier molecular flexibility index (Phi) is 4.72. The Bertz CT molecular complexity index is 701. The molecule has 0 radical (unpaired) electrons. The highest BCUT2D eigenvalue weighted by Gasteiger charge is 2.37. The van der Waals surface area contributed by atoms with E-state index < -0.39 is 0 Å². The Balaban J connectivity index is 1.15. The van der Waals surface area contributed by atoms with Crippen LogP contribution < -0.4 is 10.6 Å². The van der Waals surface area contributed by atoms with Crippen molar-refractivity contribution >= 4 is 6.03 Å². The number of amides is 2. The minimum absolute atomic E-state index is 0.0670. The van der Waals surface area contributed by atoms with Crippen LogP contribution in [0.1, 0.15) is 42.3 Å². The molecular formula is C20H26N4O. The molecule has 0 bridgehead atoms. The zero-order valence-electron chi connectivity index (χ0n) is 14.6. The zero-order chi connectivity index (χ0) is 17.1. The maximum Gasteiger partial charge on any atom is 0.314 e. The van der Waals surface area contributed by atoms with Gasteiger partial charge in [-0.3, -0.25) is 0 Å². The first-order chi connectivity index (χ1) is 12.3. The molecule has 1 aliphatic heterocycles. The van der Waals surface area contributed by atoms with Crippen LogP contribution in [0.5, 0.6) is 0 Å². The molecule has 4 rings (SSSR count). The third-order valence-electron chi connectivity index (χ3n) is 5.30. The van der Waals surface area contributed by atoms with Crippen LogP contribution in [0.2, 0.25) is 0 Å². The highest BCUT2D eigenvalue weighted by atomic mass is 16.2. The van der Waals surface area contributed by atoms with Crippen LogP contribution in [-0.2, 0) is 19.4 Å². The summed E-state index contributed by atoms with van der Waals surface area (Å²) in [6.45, 7) is 2.47. The minimum Gasteiger partial charge on any atom is -0.338 e. The molecule has 2 amide bonds. The van der Waals surface area contributed by atoms with Crippen molar-refractivity contribution in [2.24, 2.45) is 5.92 Å². The lowest BCUT2D eigenvalue weighted by atomic mass is 10.1. The van der Waals surface area contributed by atoms with Crippen LogP contribution in [0.15, 0.2) is 36.5 Å². The van der Waals surface area contributed by atoms with Gasteiger partial charge in [0, 0.05) is 38.7 Å². The number of benzene rings is 1. The molecule has 0 saturated heterocycles. The first-order valence-electron chi connectivity index (χ1n) is 9.41. The standard InChI is InChI=1S/C20H26N4O/c25-20(22-13-16-12-18(16)15-6-2-1-3-7-15)21-10-9-17-14-24-11-5-4-8-19(24)23-17/h1-3,6-7,14,16,18H,4-5,8-13H2,(H2,21,22,25)/t16-,18+/m1/s1. The van der Waals surface area contributed by atoms with E-state index >= 15 is 0 Å². The van der Waals surface area contributed by atoms with Crippen molar-refractivity contribution in [2.75, 3.05) is 13.1 Å². The molecule has 5 heteroatoms. The number of aryl methyl sites for hydroxylation is 2. The molecule has 2 N–H and O–H groups in total. The van der Waals surface area contributed by atoms with Gasteiger partial charge in [0.15, 0.2) is 0 Å². The number of urea groups is 1. The van der Waals surface area contributed by atoms with Gasteiger partial charge in [0.05, 0.1) is 5.69 Å². The summed E-state index contributed by atoms with van der Waals surface area (Å²) in [6, 6.07) is 10.5. The van der Waals surface area contributed by atoms with E-state index in [2.05, 4.69) is 50.6 Å². The minimum atomic E-state index is -0.0670. The van der Waals surface area contributed by atoms with E-state index in [9.17, 15) is 4.79 Å². The summed E-state index contributed by atoms with van der Waals surface area (Å²) in [5.41, 5.74) is 2.47. The van der Waals surface area contributed by atoms with Crippen molar-refractivity contribution in [3.8, 4) is 0 Å². The summed E-state index contributed by atoms with van der Waals surface area (Å²) in [5.74, 6) is 2.39. The summed E-state index contributed by atoms with van der Waals surface area (Å²) in [7, 11) is 0. The summed E-state index contributed by atoms with van der Waals surface area (Å²) < 4.78 is 2.26. The summed E-state index contributed by atoms with van der Waals surface area (Å²) in [5, 5.41) is 5.95. The van der Waals surface area contributed by atoms with Crippen LogP contribution in [0.4, 0.5) is 4.79 Å². The van der Waals surface area contributed by atoms with E-state index in [1.54, 1.807) is 0 Å². The average molecular weight is 338 g/mol.